The fourth-order valence-electron chi connectivity index (χ4n) is 8.72. The summed E-state index contributed by atoms with van der Waals surface area (Å²) in [7, 11) is -4.50. The third-order valence-corrected chi connectivity index (χ3v) is 14.0. The van der Waals surface area contributed by atoms with E-state index >= 15 is 4.39 Å². The Morgan fingerprint density at radius 3 is 1.96 bits per heavy atom. The van der Waals surface area contributed by atoms with Gasteiger partial charge in [-0.1, -0.05) is 30.3 Å². The highest BCUT2D eigenvalue weighted by Gasteiger charge is 2.74. The molecule has 0 spiro atoms. The lowest BCUT2D eigenvalue weighted by Gasteiger charge is -2.52. The summed E-state index contributed by atoms with van der Waals surface area (Å²) >= 11 is 0. The molecule has 2 atom stereocenters. The van der Waals surface area contributed by atoms with Crippen molar-refractivity contribution < 1.29 is 53.8 Å². The summed E-state index contributed by atoms with van der Waals surface area (Å²) in [5.74, 6) is -1.24. The Balaban J connectivity index is 1.47. The van der Waals surface area contributed by atoms with Crippen molar-refractivity contribution in [3.05, 3.63) is 64.7 Å². The second kappa shape index (κ2) is 11.0. The van der Waals surface area contributed by atoms with Crippen LogP contribution in [0.3, 0.4) is 0 Å². The molecule has 5 aliphatic rings. The van der Waals surface area contributed by atoms with Crippen LogP contribution in [0.2, 0.25) is 0 Å². The number of carbonyl (C=O) groups excluding carboxylic acids is 1. The number of carbonyl (C=O) groups is 2. The van der Waals surface area contributed by atoms with Gasteiger partial charge in [0.1, 0.15) is 4.75 Å². The van der Waals surface area contributed by atoms with Crippen molar-refractivity contribution in [2.45, 2.75) is 98.0 Å². The van der Waals surface area contributed by atoms with Gasteiger partial charge in [0.2, 0.25) is 5.91 Å². The van der Waals surface area contributed by atoms with Gasteiger partial charge in [0.05, 0.1) is 22.9 Å². The number of likely N-dealkylation sites (tertiary alicyclic amines) is 1. The van der Waals surface area contributed by atoms with Crippen LogP contribution in [-0.4, -0.2) is 62.0 Å². The number of rotatable bonds is 7. The van der Waals surface area contributed by atoms with Crippen molar-refractivity contribution in [1.29, 1.82) is 0 Å². The minimum atomic E-state index is -6.35. The maximum atomic E-state index is 15.1. The van der Waals surface area contributed by atoms with E-state index in [1.807, 2.05) is 0 Å². The Labute approximate surface area is 272 Å². The van der Waals surface area contributed by atoms with E-state index in [4.69, 9.17) is 0 Å². The van der Waals surface area contributed by atoms with Gasteiger partial charge in [0, 0.05) is 17.5 Å². The van der Waals surface area contributed by atoms with Gasteiger partial charge in [-0.05, 0) is 93.3 Å². The van der Waals surface area contributed by atoms with Crippen LogP contribution in [0.4, 0.5) is 30.7 Å². The molecule has 1 N–H and O–H groups in total. The minimum Gasteiger partial charge on any atom is -0.481 e. The van der Waals surface area contributed by atoms with E-state index in [1.165, 1.54) is 29.2 Å². The van der Waals surface area contributed by atoms with E-state index in [1.54, 1.807) is 0 Å². The first-order valence-corrected chi connectivity index (χ1v) is 17.0. The second-order valence-corrected chi connectivity index (χ2v) is 15.8. The van der Waals surface area contributed by atoms with Crippen LogP contribution in [0.1, 0.15) is 73.6 Å². The standard InChI is InChI=1S/C33H33F7N2O5S/c1-41-19-20-2-6-23(7-3-20)48(46,47)30-16-17-42(26(43)28-10-13-29(14-11-28,15-12-28)27(44)45)25(30)9-4-21-18-22(5-8-24(21)30)31(34,32(35,36)37)33(38,39)40/h2-3,5-8,18,25H,1,4,9-17,19H2,(H,44,45). The third-order valence-electron chi connectivity index (χ3n) is 11.5. The number of sulfone groups is 1. The van der Waals surface area contributed by atoms with Gasteiger partial charge in [-0.25, -0.2) is 12.8 Å². The summed E-state index contributed by atoms with van der Waals surface area (Å²) in [5, 5.41) is 9.81. The number of fused-ring (bicyclic) bond motifs is 6. The van der Waals surface area contributed by atoms with E-state index in [0.717, 1.165) is 6.07 Å². The van der Waals surface area contributed by atoms with Crippen LogP contribution in [0, 0.1) is 10.8 Å². The first-order chi connectivity index (χ1) is 22.3. The van der Waals surface area contributed by atoms with Gasteiger partial charge in [-0.15, -0.1) is 0 Å². The number of amides is 1. The SMILES string of the molecule is C=NCc1ccc(S(=O)(=O)C23CCN(C(=O)C45CCC(C(=O)O)(CC4)CC5)C2CCc2cc(C(F)(C(F)(F)F)C(F)(F)F)ccc23)cc1. The predicted octanol–water partition coefficient (Wildman–Crippen LogP) is 6.82. The zero-order valence-electron chi connectivity index (χ0n) is 25.6. The van der Waals surface area contributed by atoms with E-state index < -0.39 is 61.0 Å². The van der Waals surface area contributed by atoms with Crippen molar-refractivity contribution >= 4 is 28.4 Å². The molecule has 0 aromatic heterocycles. The molecule has 2 aromatic rings. The van der Waals surface area contributed by atoms with Crippen LogP contribution in [-0.2, 0) is 42.8 Å². The number of hydrogen-bond donors (Lipinski definition) is 1. The molecule has 1 amide bonds. The number of hydrogen-bond acceptors (Lipinski definition) is 5. The lowest BCUT2D eigenvalue weighted by molar-refractivity contribution is -0.348. The third kappa shape index (κ3) is 4.65. The topological polar surface area (TPSA) is 104 Å². The number of benzene rings is 2. The maximum absolute atomic E-state index is 15.1. The van der Waals surface area contributed by atoms with Crippen molar-refractivity contribution in [2.75, 3.05) is 6.54 Å². The van der Waals surface area contributed by atoms with E-state index in [-0.39, 0.29) is 73.5 Å². The number of carboxylic acid groups (broad SMARTS) is 1. The van der Waals surface area contributed by atoms with Crippen molar-refractivity contribution in [3.8, 4) is 0 Å². The summed E-state index contributed by atoms with van der Waals surface area (Å²) in [4.78, 5) is 31.5. The van der Waals surface area contributed by atoms with Crippen LogP contribution in [0.5, 0.6) is 0 Å². The van der Waals surface area contributed by atoms with Crippen LogP contribution < -0.4 is 0 Å². The number of alkyl halides is 7. The Morgan fingerprint density at radius 1 is 0.875 bits per heavy atom. The molecule has 4 fully saturated rings. The lowest BCUT2D eigenvalue weighted by Crippen LogP contribution is -2.57. The van der Waals surface area contributed by atoms with Crippen LogP contribution in [0.25, 0.3) is 0 Å². The Bertz CT molecular complexity index is 1730. The zero-order valence-corrected chi connectivity index (χ0v) is 26.4. The summed E-state index contributed by atoms with van der Waals surface area (Å²) in [6, 6.07) is 6.30. The Kier molecular flexibility index (Phi) is 7.88. The average Bonchev–Trinajstić information content (AvgIpc) is 3.45. The van der Waals surface area contributed by atoms with Gasteiger partial charge >= 0.3 is 24.0 Å². The number of aryl methyl sites for hydroxylation is 1. The first-order valence-electron chi connectivity index (χ1n) is 15.6. The van der Waals surface area contributed by atoms with E-state index in [9.17, 15) is 49.5 Å². The highest BCUT2D eigenvalue weighted by Crippen LogP contribution is 2.61. The molecule has 1 aliphatic heterocycles. The number of halogens is 7. The highest BCUT2D eigenvalue weighted by atomic mass is 32.2. The molecule has 3 saturated carbocycles. The van der Waals surface area contributed by atoms with Crippen LogP contribution >= 0.6 is 0 Å². The van der Waals surface area contributed by atoms with E-state index in [0.29, 0.717) is 37.0 Å². The molecule has 260 valence electrons. The fraction of sp³-hybridized carbons (Fsp3) is 0.545. The minimum absolute atomic E-state index is 0.0631. The molecule has 1 saturated heterocycles. The molecule has 2 bridgehead atoms. The first kappa shape index (κ1) is 34.4. The van der Waals surface area contributed by atoms with Gasteiger partial charge < -0.3 is 10.0 Å². The van der Waals surface area contributed by atoms with Crippen molar-refractivity contribution in [2.24, 2.45) is 15.8 Å². The number of aliphatic imine (C=N–C) groups is 1. The average molecular weight is 703 g/mol. The molecule has 4 aliphatic carbocycles. The number of nitrogens with zero attached hydrogens (tertiary/aromatic N) is 2. The molecular formula is C33H33F7N2O5S. The molecule has 7 rings (SSSR count). The van der Waals surface area contributed by atoms with Crippen molar-refractivity contribution in [1.82, 2.24) is 4.90 Å². The molecule has 1 heterocycles. The molecule has 0 radical (unpaired) electrons. The van der Waals surface area contributed by atoms with Gasteiger partial charge in [-0.3, -0.25) is 14.6 Å². The zero-order chi connectivity index (χ0) is 35.1. The summed E-state index contributed by atoms with van der Waals surface area (Å²) in [5.41, 5.74) is -8.83. The molecule has 2 unspecified atom stereocenters. The fourth-order valence-corrected chi connectivity index (χ4v) is 11.1. The predicted molar refractivity (Wildman–Crippen MR) is 159 cm³/mol. The number of carboxylic acids is 1. The Hall–Kier alpha value is -3.49. The van der Waals surface area contributed by atoms with Crippen molar-refractivity contribution in [3.63, 3.8) is 0 Å². The molecule has 15 heteroatoms. The largest absolute Gasteiger partial charge is 0.481 e. The summed E-state index contributed by atoms with van der Waals surface area (Å²) < 4.78 is 125. The monoisotopic (exact) mass is 702 g/mol. The van der Waals surface area contributed by atoms with Gasteiger partial charge in [0.25, 0.3) is 0 Å². The van der Waals surface area contributed by atoms with Gasteiger partial charge in [-0.2, -0.15) is 26.3 Å². The van der Waals surface area contributed by atoms with Gasteiger partial charge in [0.15, 0.2) is 9.84 Å². The summed E-state index contributed by atoms with van der Waals surface area (Å²) in [6.07, 6.45) is -11.5. The Morgan fingerprint density at radius 2 is 1.44 bits per heavy atom. The molecule has 48 heavy (non-hydrogen) atoms. The molecule has 7 nitrogen and oxygen atoms in total. The quantitative estimate of drug-likeness (QED) is 0.252. The highest BCUT2D eigenvalue weighted by molar-refractivity contribution is 7.92. The lowest BCUT2D eigenvalue weighted by atomic mass is 9.53. The normalized spacial score (nSPS) is 28.9. The van der Waals surface area contributed by atoms with Crippen LogP contribution in [0.15, 0.2) is 52.4 Å². The maximum Gasteiger partial charge on any atom is 0.435 e. The summed E-state index contributed by atoms with van der Waals surface area (Å²) in [6.45, 7) is 3.54. The number of aliphatic carboxylic acids is 1. The molecule has 2 aromatic carbocycles. The van der Waals surface area contributed by atoms with E-state index in [2.05, 4.69) is 11.7 Å². The second-order valence-electron chi connectivity index (χ2n) is 13.6. The molecular weight excluding hydrogens is 669 g/mol. The smallest absolute Gasteiger partial charge is 0.435 e.